The molecule has 2 aromatic carbocycles. The van der Waals surface area contributed by atoms with Crippen LogP contribution >= 0.6 is 11.8 Å². The molecule has 0 aromatic heterocycles. The molecule has 6 nitrogen and oxygen atoms in total. The molecule has 2 rings (SSSR count). The van der Waals surface area contributed by atoms with Gasteiger partial charge in [-0.05, 0) is 53.7 Å². The number of hydrogen-bond donors (Lipinski definition) is 2. The molecule has 0 aliphatic rings. The van der Waals surface area contributed by atoms with Gasteiger partial charge in [0.25, 0.3) is 5.91 Å². The van der Waals surface area contributed by atoms with Gasteiger partial charge in [0.05, 0.1) is 14.2 Å². The number of rotatable bonds is 9. The summed E-state index contributed by atoms with van der Waals surface area (Å²) in [6.07, 6.45) is 2.49. The molecular formula is C24H32N2O4S. The number of methoxy groups -OCH3 is 2. The van der Waals surface area contributed by atoms with Crippen LogP contribution in [0, 0.1) is 0 Å². The summed E-state index contributed by atoms with van der Waals surface area (Å²) >= 11 is 1.62. The highest BCUT2D eigenvalue weighted by atomic mass is 32.2. The van der Waals surface area contributed by atoms with Crippen LogP contribution in [0.1, 0.15) is 43.1 Å². The molecule has 0 aliphatic heterocycles. The molecule has 0 radical (unpaired) electrons. The van der Waals surface area contributed by atoms with E-state index in [2.05, 4.69) is 31.4 Å². The number of thioether (sulfide) groups is 1. The van der Waals surface area contributed by atoms with Crippen LogP contribution < -0.4 is 20.1 Å². The third-order valence-electron chi connectivity index (χ3n) is 4.90. The molecule has 2 aromatic rings. The van der Waals surface area contributed by atoms with Gasteiger partial charge in [0, 0.05) is 17.3 Å². The standard InChI is InChI=1S/C24H32N2O4S/c1-24(2,3)17-9-7-16(8-10-17)22(27)26-19(13-14-31-6)23(28)25-18-11-12-20(29-4)21(15-18)30-5/h7-12,15,19H,13-14H2,1-6H3,(H,25,28)(H,26,27). The van der Waals surface area contributed by atoms with E-state index >= 15 is 0 Å². The molecule has 0 heterocycles. The molecule has 0 aliphatic carbocycles. The van der Waals surface area contributed by atoms with Crippen LogP contribution in [0.15, 0.2) is 42.5 Å². The summed E-state index contributed by atoms with van der Waals surface area (Å²) in [6, 6.07) is 12.0. The Morgan fingerprint density at radius 3 is 2.19 bits per heavy atom. The first-order valence-electron chi connectivity index (χ1n) is 10.1. The predicted octanol–water partition coefficient (Wildman–Crippen LogP) is 4.49. The van der Waals surface area contributed by atoms with E-state index in [4.69, 9.17) is 9.47 Å². The second kappa shape index (κ2) is 11.1. The van der Waals surface area contributed by atoms with E-state index in [-0.39, 0.29) is 17.2 Å². The van der Waals surface area contributed by atoms with Crippen LogP contribution in [0.4, 0.5) is 5.69 Å². The molecule has 0 saturated heterocycles. The summed E-state index contributed by atoms with van der Waals surface area (Å²) in [5.41, 5.74) is 2.26. The van der Waals surface area contributed by atoms with Crippen LogP contribution in [0.25, 0.3) is 0 Å². The maximum atomic E-state index is 12.9. The van der Waals surface area contributed by atoms with Crippen molar-refractivity contribution in [3.05, 3.63) is 53.6 Å². The Bertz CT molecular complexity index is 891. The van der Waals surface area contributed by atoms with E-state index in [0.29, 0.717) is 29.2 Å². The molecule has 1 unspecified atom stereocenters. The average molecular weight is 445 g/mol. The summed E-state index contributed by atoms with van der Waals surface area (Å²) in [6.45, 7) is 6.37. The van der Waals surface area contributed by atoms with Crippen molar-refractivity contribution in [2.45, 2.75) is 38.6 Å². The van der Waals surface area contributed by atoms with E-state index in [0.717, 1.165) is 11.3 Å². The van der Waals surface area contributed by atoms with Crippen molar-refractivity contribution in [1.29, 1.82) is 0 Å². The zero-order valence-corrected chi connectivity index (χ0v) is 19.9. The summed E-state index contributed by atoms with van der Waals surface area (Å²) in [5.74, 6) is 1.29. The molecule has 2 N–H and O–H groups in total. The Balaban J connectivity index is 2.13. The van der Waals surface area contributed by atoms with E-state index in [1.54, 1.807) is 49.2 Å². The van der Waals surface area contributed by atoms with Crippen LogP contribution in [0.5, 0.6) is 11.5 Å². The van der Waals surface area contributed by atoms with Crippen LogP contribution in [0.2, 0.25) is 0 Å². The fourth-order valence-electron chi connectivity index (χ4n) is 3.01. The number of carbonyl (C=O) groups is 2. The fourth-order valence-corrected chi connectivity index (χ4v) is 3.48. The molecule has 0 bridgehead atoms. The van der Waals surface area contributed by atoms with Gasteiger partial charge in [-0.2, -0.15) is 11.8 Å². The minimum atomic E-state index is -0.657. The van der Waals surface area contributed by atoms with E-state index in [1.165, 1.54) is 7.11 Å². The molecule has 7 heteroatoms. The van der Waals surface area contributed by atoms with E-state index in [1.807, 2.05) is 18.4 Å². The summed E-state index contributed by atoms with van der Waals surface area (Å²) < 4.78 is 10.5. The van der Waals surface area contributed by atoms with Gasteiger partial charge in [0.2, 0.25) is 5.91 Å². The molecule has 0 fully saturated rings. The number of ether oxygens (including phenoxy) is 2. The number of carbonyl (C=O) groups excluding carboxylic acids is 2. The Kier molecular flexibility index (Phi) is 8.80. The third kappa shape index (κ3) is 6.92. The van der Waals surface area contributed by atoms with Gasteiger partial charge in [-0.3, -0.25) is 9.59 Å². The van der Waals surface area contributed by atoms with Gasteiger partial charge < -0.3 is 20.1 Å². The van der Waals surface area contributed by atoms with Crippen molar-refractivity contribution in [1.82, 2.24) is 5.32 Å². The molecule has 2 amide bonds. The Morgan fingerprint density at radius 2 is 1.65 bits per heavy atom. The quantitative estimate of drug-likeness (QED) is 0.596. The van der Waals surface area contributed by atoms with Gasteiger partial charge in [-0.1, -0.05) is 32.9 Å². The molecule has 0 spiro atoms. The Labute approximate surface area is 189 Å². The average Bonchev–Trinajstić information content (AvgIpc) is 2.75. The topological polar surface area (TPSA) is 76.7 Å². The van der Waals surface area contributed by atoms with Crippen molar-refractivity contribution in [2.24, 2.45) is 0 Å². The van der Waals surface area contributed by atoms with Gasteiger partial charge in [-0.25, -0.2) is 0 Å². The first-order valence-corrected chi connectivity index (χ1v) is 11.5. The SMILES string of the molecule is COc1ccc(NC(=O)C(CCSC)NC(=O)c2ccc(C(C)(C)C)cc2)cc1OC. The lowest BCUT2D eigenvalue weighted by Crippen LogP contribution is -2.44. The van der Waals surface area contributed by atoms with Crippen molar-refractivity contribution in [3.8, 4) is 11.5 Å². The minimum Gasteiger partial charge on any atom is -0.493 e. The second-order valence-corrected chi connectivity index (χ2v) is 9.18. The molecule has 31 heavy (non-hydrogen) atoms. The number of hydrogen-bond acceptors (Lipinski definition) is 5. The van der Waals surface area contributed by atoms with Gasteiger partial charge in [0.1, 0.15) is 6.04 Å². The first-order chi connectivity index (χ1) is 14.7. The number of benzene rings is 2. The fraction of sp³-hybridized carbons (Fsp3) is 0.417. The largest absolute Gasteiger partial charge is 0.493 e. The van der Waals surface area contributed by atoms with Crippen molar-refractivity contribution in [3.63, 3.8) is 0 Å². The van der Waals surface area contributed by atoms with Crippen LogP contribution in [-0.2, 0) is 10.2 Å². The molecule has 0 saturated carbocycles. The Hall–Kier alpha value is -2.67. The normalized spacial score (nSPS) is 12.1. The zero-order valence-electron chi connectivity index (χ0n) is 19.1. The highest BCUT2D eigenvalue weighted by Gasteiger charge is 2.22. The summed E-state index contributed by atoms with van der Waals surface area (Å²) in [7, 11) is 3.09. The maximum Gasteiger partial charge on any atom is 0.251 e. The number of anilines is 1. The lowest BCUT2D eigenvalue weighted by atomic mass is 9.86. The van der Waals surface area contributed by atoms with Gasteiger partial charge >= 0.3 is 0 Å². The van der Waals surface area contributed by atoms with E-state index < -0.39 is 6.04 Å². The summed E-state index contributed by atoms with van der Waals surface area (Å²) in [4.78, 5) is 25.7. The molecular weight excluding hydrogens is 412 g/mol. The summed E-state index contributed by atoms with van der Waals surface area (Å²) in [5, 5.41) is 5.74. The van der Waals surface area contributed by atoms with Gasteiger partial charge in [0.15, 0.2) is 11.5 Å². The molecule has 1 atom stereocenters. The first kappa shape index (κ1) is 24.6. The smallest absolute Gasteiger partial charge is 0.251 e. The highest BCUT2D eigenvalue weighted by Crippen LogP contribution is 2.30. The highest BCUT2D eigenvalue weighted by molar-refractivity contribution is 7.98. The van der Waals surface area contributed by atoms with Crippen LogP contribution in [0.3, 0.4) is 0 Å². The lowest BCUT2D eigenvalue weighted by molar-refractivity contribution is -0.118. The van der Waals surface area contributed by atoms with E-state index in [9.17, 15) is 9.59 Å². The lowest BCUT2D eigenvalue weighted by Gasteiger charge is -2.20. The minimum absolute atomic E-state index is 0.00912. The van der Waals surface area contributed by atoms with Gasteiger partial charge in [-0.15, -0.1) is 0 Å². The zero-order chi connectivity index (χ0) is 23.0. The maximum absolute atomic E-state index is 12.9. The number of nitrogens with one attached hydrogen (secondary N) is 2. The second-order valence-electron chi connectivity index (χ2n) is 8.19. The van der Waals surface area contributed by atoms with Crippen molar-refractivity contribution in [2.75, 3.05) is 31.5 Å². The van der Waals surface area contributed by atoms with Crippen molar-refractivity contribution < 1.29 is 19.1 Å². The monoisotopic (exact) mass is 444 g/mol. The third-order valence-corrected chi connectivity index (χ3v) is 5.54. The van der Waals surface area contributed by atoms with Crippen LogP contribution in [-0.4, -0.2) is 44.1 Å². The Morgan fingerprint density at radius 1 is 1.00 bits per heavy atom. The molecule has 168 valence electrons. The van der Waals surface area contributed by atoms with Crippen molar-refractivity contribution >= 4 is 29.3 Å². The number of amides is 2. The predicted molar refractivity (Wildman–Crippen MR) is 128 cm³/mol.